The second-order valence-corrected chi connectivity index (χ2v) is 2.49. The number of rotatable bonds is 4. The summed E-state index contributed by atoms with van der Waals surface area (Å²) in [5.74, 6) is 0. The average molecular weight is 193 g/mol. The van der Waals surface area contributed by atoms with Crippen molar-refractivity contribution >= 4 is 11.8 Å². The van der Waals surface area contributed by atoms with Crippen molar-refractivity contribution in [2.75, 3.05) is 6.54 Å². The molecule has 0 unspecified atom stereocenters. The minimum absolute atomic E-state index is 0.0485. The van der Waals surface area contributed by atoms with E-state index in [1.807, 2.05) is 0 Å². The Hall–Kier alpha value is -2.07. The summed E-state index contributed by atoms with van der Waals surface area (Å²) in [6, 6.07) is 2.91. The molecule has 1 aromatic rings. The van der Waals surface area contributed by atoms with Crippen LogP contribution < -0.4 is 0 Å². The predicted molar refractivity (Wildman–Crippen MR) is 47.6 cm³/mol. The van der Waals surface area contributed by atoms with E-state index in [0.29, 0.717) is 18.7 Å². The Kier molecular flexibility index (Phi) is 3.46. The van der Waals surface area contributed by atoms with E-state index in [1.54, 1.807) is 6.07 Å². The van der Waals surface area contributed by atoms with Crippen molar-refractivity contribution in [3.8, 4) is 0 Å². The van der Waals surface area contributed by atoms with Crippen LogP contribution in [0.2, 0.25) is 0 Å². The lowest BCUT2D eigenvalue weighted by molar-refractivity contribution is -0.385. The first kappa shape index (κ1) is 10.0. The van der Waals surface area contributed by atoms with Crippen molar-refractivity contribution in [1.29, 1.82) is 0 Å². The number of carbonyl (C=O) groups excluding carboxylic acids is 1. The highest BCUT2D eigenvalue weighted by Crippen LogP contribution is 2.08. The largest absolute Gasteiger partial charge is 0.287 e. The van der Waals surface area contributed by atoms with Gasteiger partial charge in [0, 0.05) is 18.2 Å². The van der Waals surface area contributed by atoms with Crippen LogP contribution in [0.4, 0.5) is 5.69 Å². The van der Waals surface area contributed by atoms with Crippen molar-refractivity contribution in [2.45, 2.75) is 6.42 Å². The van der Waals surface area contributed by atoms with E-state index in [1.165, 1.54) is 18.3 Å². The molecule has 0 amide bonds. The van der Waals surface area contributed by atoms with E-state index in [9.17, 15) is 14.9 Å². The highest BCUT2D eigenvalue weighted by Gasteiger charge is 2.04. The Balaban J connectivity index is 2.64. The maximum Gasteiger partial charge on any atom is 0.287 e. The molecule has 0 saturated heterocycles. The van der Waals surface area contributed by atoms with Gasteiger partial charge in [-0.25, -0.2) is 9.79 Å². The summed E-state index contributed by atoms with van der Waals surface area (Å²) in [5, 5.41) is 10.3. The average Bonchev–Trinajstić information content (AvgIpc) is 2.19. The molecule has 0 radical (unpaired) electrons. The molecule has 0 aliphatic heterocycles. The van der Waals surface area contributed by atoms with Crippen LogP contribution in [0.25, 0.3) is 0 Å². The number of nitro groups is 1. The van der Waals surface area contributed by atoms with Crippen LogP contribution in [-0.4, -0.2) is 22.5 Å². The van der Waals surface area contributed by atoms with Gasteiger partial charge in [0.2, 0.25) is 6.08 Å². The molecule has 14 heavy (non-hydrogen) atoms. The second kappa shape index (κ2) is 4.84. The van der Waals surface area contributed by atoms with Gasteiger partial charge in [0.25, 0.3) is 5.69 Å². The quantitative estimate of drug-likeness (QED) is 0.307. The third kappa shape index (κ3) is 2.76. The van der Waals surface area contributed by atoms with E-state index < -0.39 is 4.92 Å². The standard InChI is InChI=1S/C8H7N3O3/c12-6-9-4-3-7-1-2-8(5-10-7)11(13)14/h1-2,5H,3-4H2. The van der Waals surface area contributed by atoms with Crippen LogP contribution >= 0.6 is 0 Å². The summed E-state index contributed by atoms with van der Waals surface area (Å²) in [7, 11) is 0. The van der Waals surface area contributed by atoms with Gasteiger partial charge in [-0.1, -0.05) is 0 Å². The number of aliphatic imine (C=N–C) groups is 1. The van der Waals surface area contributed by atoms with E-state index >= 15 is 0 Å². The molecule has 0 N–H and O–H groups in total. The van der Waals surface area contributed by atoms with Crippen LogP contribution in [-0.2, 0) is 11.2 Å². The number of hydrogen-bond donors (Lipinski definition) is 0. The highest BCUT2D eigenvalue weighted by atomic mass is 16.6. The Morgan fingerprint density at radius 3 is 2.86 bits per heavy atom. The zero-order chi connectivity index (χ0) is 10.4. The SMILES string of the molecule is O=C=NCCc1ccc([N+](=O)[O-])cn1. The Morgan fingerprint density at radius 2 is 2.36 bits per heavy atom. The first-order chi connectivity index (χ1) is 6.74. The van der Waals surface area contributed by atoms with Gasteiger partial charge in [0.1, 0.15) is 6.20 Å². The molecule has 0 saturated carbocycles. The predicted octanol–water partition coefficient (Wildman–Crippen LogP) is 0.868. The van der Waals surface area contributed by atoms with Crippen molar-refractivity contribution < 1.29 is 9.72 Å². The van der Waals surface area contributed by atoms with Gasteiger partial charge < -0.3 is 0 Å². The van der Waals surface area contributed by atoms with Gasteiger partial charge in [-0.15, -0.1) is 0 Å². The first-order valence-corrected chi connectivity index (χ1v) is 3.87. The maximum absolute atomic E-state index is 10.3. The topological polar surface area (TPSA) is 85.5 Å². The lowest BCUT2D eigenvalue weighted by atomic mass is 10.2. The van der Waals surface area contributed by atoms with E-state index in [2.05, 4.69) is 9.98 Å². The van der Waals surface area contributed by atoms with Crippen molar-refractivity contribution in [2.24, 2.45) is 4.99 Å². The van der Waals surface area contributed by atoms with Gasteiger partial charge in [0.15, 0.2) is 0 Å². The third-order valence-corrected chi connectivity index (χ3v) is 1.56. The summed E-state index contributed by atoms with van der Waals surface area (Å²) >= 11 is 0. The molecule has 0 atom stereocenters. The van der Waals surface area contributed by atoms with Crippen LogP contribution in [0.15, 0.2) is 23.3 Å². The molecule has 0 spiro atoms. The van der Waals surface area contributed by atoms with Crippen LogP contribution in [0.1, 0.15) is 5.69 Å². The monoisotopic (exact) mass is 193 g/mol. The summed E-state index contributed by atoms with van der Waals surface area (Å²) in [5.41, 5.74) is 0.613. The molecule has 0 aliphatic carbocycles. The van der Waals surface area contributed by atoms with Gasteiger partial charge in [-0.05, 0) is 6.07 Å². The van der Waals surface area contributed by atoms with Gasteiger partial charge in [0.05, 0.1) is 11.5 Å². The zero-order valence-corrected chi connectivity index (χ0v) is 7.21. The van der Waals surface area contributed by atoms with Crippen molar-refractivity contribution in [1.82, 2.24) is 4.98 Å². The Morgan fingerprint density at radius 1 is 1.57 bits per heavy atom. The molecule has 1 rings (SSSR count). The number of isocyanates is 1. The lowest BCUT2D eigenvalue weighted by Gasteiger charge is -1.95. The molecule has 6 heteroatoms. The van der Waals surface area contributed by atoms with Gasteiger partial charge in [-0.3, -0.25) is 15.1 Å². The highest BCUT2D eigenvalue weighted by molar-refractivity contribution is 5.33. The molecule has 0 fully saturated rings. The maximum atomic E-state index is 10.3. The van der Waals surface area contributed by atoms with Crippen LogP contribution in [0.5, 0.6) is 0 Å². The molecule has 6 nitrogen and oxygen atoms in total. The first-order valence-electron chi connectivity index (χ1n) is 3.87. The minimum Gasteiger partial charge on any atom is -0.258 e. The van der Waals surface area contributed by atoms with E-state index in [0.717, 1.165) is 0 Å². The third-order valence-electron chi connectivity index (χ3n) is 1.56. The molecule has 0 aliphatic rings. The van der Waals surface area contributed by atoms with Gasteiger partial charge >= 0.3 is 0 Å². The van der Waals surface area contributed by atoms with Crippen molar-refractivity contribution in [3.05, 3.63) is 34.1 Å². The Labute approximate surface area is 79.5 Å². The molecule has 0 aromatic carbocycles. The fourth-order valence-corrected chi connectivity index (χ4v) is 0.889. The summed E-state index contributed by atoms with van der Waals surface area (Å²) in [6.07, 6.45) is 3.07. The number of pyridine rings is 1. The van der Waals surface area contributed by atoms with Gasteiger partial charge in [-0.2, -0.15) is 0 Å². The zero-order valence-electron chi connectivity index (χ0n) is 7.21. The normalized spacial score (nSPS) is 9.14. The number of nitrogens with zero attached hydrogens (tertiary/aromatic N) is 3. The molecule has 72 valence electrons. The van der Waals surface area contributed by atoms with E-state index in [4.69, 9.17) is 0 Å². The number of hydrogen-bond acceptors (Lipinski definition) is 5. The smallest absolute Gasteiger partial charge is 0.258 e. The molecular weight excluding hydrogens is 186 g/mol. The summed E-state index contributed by atoms with van der Waals surface area (Å²) in [4.78, 5) is 26.7. The lowest BCUT2D eigenvalue weighted by Crippen LogP contribution is -1.95. The molecule has 1 aromatic heterocycles. The van der Waals surface area contributed by atoms with E-state index in [-0.39, 0.29) is 5.69 Å². The summed E-state index contributed by atoms with van der Waals surface area (Å²) in [6.45, 7) is 0.300. The fourth-order valence-electron chi connectivity index (χ4n) is 0.889. The van der Waals surface area contributed by atoms with Crippen molar-refractivity contribution in [3.63, 3.8) is 0 Å². The minimum atomic E-state index is -0.514. The van der Waals surface area contributed by atoms with Crippen LogP contribution in [0, 0.1) is 10.1 Å². The molecule has 0 bridgehead atoms. The Bertz CT molecular complexity index is 368. The molecular formula is C8H7N3O3. The molecule has 1 heterocycles. The number of aromatic nitrogens is 1. The summed E-state index contributed by atoms with van der Waals surface area (Å²) < 4.78 is 0. The second-order valence-electron chi connectivity index (χ2n) is 2.49. The fraction of sp³-hybridized carbons (Fsp3) is 0.250. The van der Waals surface area contributed by atoms with Crippen LogP contribution in [0.3, 0.4) is 0 Å².